The number of nitrogens with zero attached hydrogens (tertiary/aromatic N) is 1. The Labute approximate surface area is 210 Å². The molecule has 1 aromatic heterocycles. The minimum absolute atomic E-state index is 0.0882. The average molecular weight is 505 g/mol. The van der Waals surface area contributed by atoms with Gasteiger partial charge < -0.3 is 20.1 Å². The molecule has 182 valence electrons. The lowest BCUT2D eigenvalue weighted by atomic mass is 10.1. The Morgan fingerprint density at radius 2 is 1.56 bits per heavy atom. The first kappa shape index (κ1) is 23.3. The molecule has 0 spiro atoms. The Morgan fingerprint density at radius 3 is 2.33 bits per heavy atom. The first-order valence-electron chi connectivity index (χ1n) is 11.0. The van der Waals surface area contributed by atoms with E-state index in [2.05, 4.69) is 16.1 Å². The normalized spacial score (nSPS) is 11.9. The molecule has 10 heteroatoms. The number of halogens is 1. The number of fused-ring (bicyclic) bond motifs is 2. The summed E-state index contributed by atoms with van der Waals surface area (Å²) < 4.78 is 11.8. The molecule has 5 rings (SSSR count). The molecule has 3 amide bonds. The fourth-order valence-corrected chi connectivity index (χ4v) is 4.21. The minimum atomic E-state index is -0.972. The predicted octanol–water partition coefficient (Wildman–Crippen LogP) is 4.60. The number of benzene rings is 3. The highest BCUT2D eigenvalue weighted by atomic mass is 35.5. The second-order valence-corrected chi connectivity index (χ2v) is 8.80. The molecule has 0 fully saturated rings. The fraction of sp³-hybridized carbons (Fsp3) is 0.115. The molecule has 0 atom stereocenters. The number of carbonyl (C=O) groups is 3. The van der Waals surface area contributed by atoms with E-state index < -0.39 is 17.7 Å². The number of rotatable bonds is 4. The lowest BCUT2D eigenvalue weighted by Crippen LogP contribution is -2.36. The van der Waals surface area contributed by atoms with E-state index >= 15 is 0 Å². The van der Waals surface area contributed by atoms with Crippen LogP contribution in [0.3, 0.4) is 0 Å². The van der Waals surface area contributed by atoms with Crippen LogP contribution in [-0.4, -0.2) is 29.2 Å². The molecule has 3 N–H and O–H groups in total. The van der Waals surface area contributed by atoms with Gasteiger partial charge in [-0.15, -0.1) is 0 Å². The van der Waals surface area contributed by atoms with Gasteiger partial charge in [-0.05, 0) is 73.5 Å². The van der Waals surface area contributed by atoms with E-state index in [9.17, 15) is 14.4 Å². The second-order valence-electron chi connectivity index (χ2n) is 8.36. The number of carbonyl (C=O) groups excluding carboxylic acids is 3. The second kappa shape index (κ2) is 9.27. The third-order valence-electron chi connectivity index (χ3n) is 5.53. The molecule has 0 radical (unpaired) electrons. The first-order valence-corrected chi connectivity index (χ1v) is 11.4. The van der Waals surface area contributed by atoms with Gasteiger partial charge in [0.25, 0.3) is 5.91 Å². The van der Waals surface area contributed by atoms with Gasteiger partial charge in [0, 0.05) is 27.8 Å². The highest BCUT2D eigenvalue weighted by Crippen LogP contribution is 2.34. The molecule has 1 aliphatic heterocycles. The van der Waals surface area contributed by atoms with Crippen molar-refractivity contribution in [2.45, 2.75) is 13.8 Å². The number of anilines is 2. The Balaban J connectivity index is 1.41. The van der Waals surface area contributed by atoms with Gasteiger partial charge in [0.1, 0.15) is 5.69 Å². The molecule has 0 saturated heterocycles. The summed E-state index contributed by atoms with van der Waals surface area (Å²) in [6.07, 6.45) is 0. The van der Waals surface area contributed by atoms with Crippen LogP contribution in [0.5, 0.6) is 11.5 Å². The molecule has 1 aliphatic rings. The van der Waals surface area contributed by atoms with Crippen molar-refractivity contribution in [3.05, 3.63) is 82.5 Å². The molecule has 36 heavy (non-hydrogen) atoms. The van der Waals surface area contributed by atoms with E-state index in [1.807, 2.05) is 32.0 Å². The molecule has 0 unspecified atom stereocenters. The monoisotopic (exact) mass is 504 g/mol. The van der Waals surface area contributed by atoms with Gasteiger partial charge in [0.05, 0.1) is 5.52 Å². The van der Waals surface area contributed by atoms with Crippen LogP contribution in [0.15, 0.2) is 60.7 Å². The largest absolute Gasteiger partial charge is 0.454 e. The summed E-state index contributed by atoms with van der Waals surface area (Å²) in [5.41, 5.74) is 6.09. The summed E-state index contributed by atoms with van der Waals surface area (Å²) >= 11 is 6.13. The summed E-state index contributed by atoms with van der Waals surface area (Å²) in [5, 5.41) is 6.45. The zero-order chi connectivity index (χ0) is 25.4. The molecule has 3 aromatic carbocycles. The molecule has 9 nitrogen and oxygen atoms in total. The van der Waals surface area contributed by atoms with E-state index in [4.69, 9.17) is 21.1 Å². The number of aromatic nitrogens is 1. The molecule has 0 saturated carbocycles. The summed E-state index contributed by atoms with van der Waals surface area (Å²) in [4.78, 5) is 38.7. The van der Waals surface area contributed by atoms with Gasteiger partial charge in [-0.3, -0.25) is 19.8 Å². The number of aryl methyl sites for hydroxylation is 2. The average Bonchev–Trinajstić information content (AvgIpc) is 3.42. The quantitative estimate of drug-likeness (QED) is 0.352. The lowest BCUT2D eigenvalue weighted by molar-refractivity contribution is -0.133. The fourth-order valence-electron chi connectivity index (χ4n) is 4.03. The molecule has 4 aromatic rings. The maximum Gasteiger partial charge on any atom is 0.328 e. The minimum Gasteiger partial charge on any atom is -0.454 e. The van der Waals surface area contributed by atoms with E-state index in [1.54, 1.807) is 42.5 Å². The van der Waals surface area contributed by atoms with Crippen molar-refractivity contribution in [1.29, 1.82) is 0 Å². The molecular weight excluding hydrogens is 484 g/mol. The number of hydrogen-bond acceptors (Lipinski definition) is 5. The summed E-state index contributed by atoms with van der Waals surface area (Å²) in [6, 6.07) is 17.0. The summed E-state index contributed by atoms with van der Waals surface area (Å²) in [6.45, 7) is 3.95. The Morgan fingerprint density at radius 1 is 0.806 bits per heavy atom. The van der Waals surface area contributed by atoms with E-state index in [1.165, 1.54) is 4.68 Å². The van der Waals surface area contributed by atoms with Crippen LogP contribution in [0.2, 0.25) is 5.02 Å². The van der Waals surface area contributed by atoms with Gasteiger partial charge in [0.15, 0.2) is 11.5 Å². The van der Waals surface area contributed by atoms with Gasteiger partial charge in [-0.1, -0.05) is 17.7 Å². The molecule has 0 aliphatic carbocycles. The van der Waals surface area contributed by atoms with Gasteiger partial charge in [0.2, 0.25) is 6.79 Å². The van der Waals surface area contributed by atoms with Crippen LogP contribution in [0.1, 0.15) is 21.6 Å². The number of amides is 3. The highest BCUT2D eigenvalue weighted by molar-refractivity contribution is 6.42. The van der Waals surface area contributed by atoms with Gasteiger partial charge in [-0.2, -0.15) is 0 Å². The van der Waals surface area contributed by atoms with Crippen LogP contribution in [0.25, 0.3) is 10.9 Å². The third-order valence-corrected chi connectivity index (χ3v) is 5.76. The number of nitrogens with one attached hydrogen (secondary N) is 3. The third kappa shape index (κ3) is 4.69. The number of ether oxygens (including phenoxy) is 2. The standard InChI is InChI=1S/C26H21ClN4O5/c1-14-7-15(2)9-19(8-14)29-24(32)21-11-16-10-17(27)3-5-20(16)31(21)30-26(34)25(33)28-18-4-6-22-23(12-18)36-13-35-22/h3-12H,13H2,1-2H3,(H,28,33)(H,29,32)(H,30,34). The molecule has 2 heterocycles. The van der Waals surface area contributed by atoms with E-state index in [0.29, 0.717) is 38.8 Å². The van der Waals surface area contributed by atoms with Crippen molar-refractivity contribution in [2.24, 2.45) is 0 Å². The number of hydrogen-bond donors (Lipinski definition) is 3. The maximum atomic E-state index is 13.2. The zero-order valence-corrected chi connectivity index (χ0v) is 20.1. The summed E-state index contributed by atoms with van der Waals surface area (Å²) in [7, 11) is 0. The van der Waals surface area contributed by atoms with Crippen molar-refractivity contribution in [3.63, 3.8) is 0 Å². The van der Waals surface area contributed by atoms with Crippen LogP contribution < -0.4 is 25.5 Å². The SMILES string of the molecule is Cc1cc(C)cc(NC(=O)c2cc3cc(Cl)ccc3n2NC(=O)C(=O)Nc2ccc3c(c2)OCO3)c1. The summed E-state index contributed by atoms with van der Waals surface area (Å²) in [5.74, 6) is -1.35. The van der Waals surface area contributed by atoms with Crippen molar-refractivity contribution in [3.8, 4) is 11.5 Å². The Bertz CT molecular complexity index is 1520. The molecular formula is C26H21ClN4O5. The Kier molecular flexibility index (Phi) is 5.99. The maximum absolute atomic E-state index is 13.2. The smallest absolute Gasteiger partial charge is 0.328 e. The van der Waals surface area contributed by atoms with Crippen molar-refractivity contribution in [2.75, 3.05) is 22.9 Å². The van der Waals surface area contributed by atoms with Gasteiger partial charge >= 0.3 is 11.8 Å². The van der Waals surface area contributed by atoms with Gasteiger partial charge in [-0.25, -0.2) is 4.68 Å². The lowest BCUT2D eigenvalue weighted by Gasteiger charge is -2.13. The van der Waals surface area contributed by atoms with Crippen LogP contribution >= 0.6 is 11.6 Å². The predicted molar refractivity (Wildman–Crippen MR) is 136 cm³/mol. The Hall–Kier alpha value is -4.50. The van der Waals surface area contributed by atoms with Crippen LogP contribution in [-0.2, 0) is 9.59 Å². The topological polar surface area (TPSA) is 111 Å². The van der Waals surface area contributed by atoms with E-state index in [-0.39, 0.29) is 12.5 Å². The van der Waals surface area contributed by atoms with Crippen LogP contribution in [0, 0.1) is 13.8 Å². The highest BCUT2D eigenvalue weighted by Gasteiger charge is 2.22. The van der Waals surface area contributed by atoms with E-state index in [0.717, 1.165) is 11.1 Å². The van der Waals surface area contributed by atoms with Crippen molar-refractivity contribution >= 4 is 51.6 Å². The molecule has 0 bridgehead atoms. The van der Waals surface area contributed by atoms with Crippen molar-refractivity contribution < 1.29 is 23.9 Å². The van der Waals surface area contributed by atoms with Crippen LogP contribution in [0.4, 0.5) is 11.4 Å². The van der Waals surface area contributed by atoms with Crippen molar-refractivity contribution in [1.82, 2.24) is 4.68 Å². The zero-order valence-electron chi connectivity index (χ0n) is 19.3. The first-order chi connectivity index (χ1) is 17.3.